The number of aromatic nitrogens is 2. The fourth-order valence-electron chi connectivity index (χ4n) is 3.31. The molecule has 4 rings (SSSR count). The predicted octanol–water partition coefficient (Wildman–Crippen LogP) is 5.01. The zero-order chi connectivity index (χ0) is 20.5. The van der Waals surface area contributed by atoms with E-state index in [4.69, 9.17) is 11.6 Å². The molecule has 0 spiro atoms. The summed E-state index contributed by atoms with van der Waals surface area (Å²) in [5, 5.41) is 2.69. The van der Waals surface area contributed by atoms with E-state index in [1.54, 1.807) is 0 Å². The van der Waals surface area contributed by atoms with Crippen molar-refractivity contribution in [1.29, 1.82) is 0 Å². The molecular formula is C22H21ClN4OS. The maximum Gasteiger partial charge on any atom is 0.277 e. The van der Waals surface area contributed by atoms with Gasteiger partial charge in [0.05, 0.1) is 5.69 Å². The van der Waals surface area contributed by atoms with Gasteiger partial charge in [0.1, 0.15) is 9.88 Å². The molecule has 0 unspecified atom stereocenters. The van der Waals surface area contributed by atoms with Crippen LogP contribution in [0.4, 0.5) is 0 Å². The summed E-state index contributed by atoms with van der Waals surface area (Å²) < 4.78 is 2.08. The van der Waals surface area contributed by atoms with Gasteiger partial charge >= 0.3 is 0 Å². The molecule has 0 aliphatic carbocycles. The van der Waals surface area contributed by atoms with Gasteiger partial charge in [0, 0.05) is 35.9 Å². The Balaban J connectivity index is 1.43. The van der Waals surface area contributed by atoms with Crippen LogP contribution in [0, 0.1) is 13.8 Å². The Morgan fingerprint density at radius 1 is 1.17 bits per heavy atom. The fourth-order valence-corrected chi connectivity index (χ4v) is 4.59. The van der Waals surface area contributed by atoms with Crippen LogP contribution in [0.5, 0.6) is 0 Å². The van der Waals surface area contributed by atoms with Gasteiger partial charge in [-0.1, -0.05) is 23.7 Å². The van der Waals surface area contributed by atoms with Crippen LogP contribution in [0.2, 0.25) is 5.02 Å². The number of nitrogens with zero attached hydrogens (tertiary/aromatic N) is 2. The minimum Gasteiger partial charge on any atom is -0.351 e. The summed E-state index contributed by atoms with van der Waals surface area (Å²) in [4.78, 5) is 17.8. The molecule has 0 aliphatic rings. The van der Waals surface area contributed by atoms with Crippen LogP contribution in [0.25, 0.3) is 21.5 Å². The molecule has 2 aromatic carbocycles. The zero-order valence-electron chi connectivity index (χ0n) is 16.4. The lowest BCUT2D eigenvalue weighted by atomic mass is 10.1. The van der Waals surface area contributed by atoms with Gasteiger partial charge < -0.3 is 4.57 Å². The van der Waals surface area contributed by atoms with Crippen molar-refractivity contribution in [2.45, 2.75) is 20.4 Å². The molecule has 7 heteroatoms. The van der Waals surface area contributed by atoms with Gasteiger partial charge in [0.2, 0.25) is 0 Å². The van der Waals surface area contributed by atoms with Crippen LogP contribution >= 0.6 is 22.9 Å². The van der Waals surface area contributed by atoms with E-state index in [2.05, 4.69) is 44.7 Å². The van der Waals surface area contributed by atoms with E-state index in [1.807, 2.05) is 45.3 Å². The minimum atomic E-state index is -0.182. The molecule has 0 saturated carbocycles. The monoisotopic (exact) mass is 424 g/mol. The van der Waals surface area contributed by atoms with E-state index < -0.39 is 0 Å². The Labute approximate surface area is 178 Å². The van der Waals surface area contributed by atoms with Gasteiger partial charge in [-0.15, -0.1) is 11.3 Å². The lowest BCUT2D eigenvalue weighted by Gasteiger charge is -2.07. The van der Waals surface area contributed by atoms with Crippen LogP contribution in [-0.4, -0.2) is 15.5 Å². The van der Waals surface area contributed by atoms with Gasteiger partial charge in [-0.3, -0.25) is 10.2 Å². The first-order valence-electron chi connectivity index (χ1n) is 9.23. The molecule has 5 nitrogen and oxygen atoms in total. The Kier molecular flexibility index (Phi) is 5.41. The Hall–Kier alpha value is -2.67. The number of halogens is 1. The van der Waals surface area contributed by atoms with Crippen molar-refractivity contribution in [2.75, 3.05) is 0 Å². The smallest absolute Gasteiger partial charge is 0.277 e. The summed E-state index contributed by atoms with van der Waals surface area (Å²) in [6, 6.07) is 14.0. The first kappa shape index (κ1) is 19.6. The standard InChI is InChI=1S/C22H21ClN4OS/c1-13-10-17(23)5-6-18(13)22-25-14(2)20(29-22)21(28)26-24-12-15-4-7-19-16(11-15)8-9-27(19)3/h4-11,24H,12H2,1-3H3,(H,26,28). The zero-order valence-corrected chi connectivity index (χ0v) is 18.0. The van der Waals surface area contributed by atoms with Crippen molar-refractivity contribution in [2.24, 2.45) is 7.05 Å². The SMILES string of the molecule is Cc1cc(Cl)ccc1-c1nc(C)c(C(=O)NNCc2ccc3c(ccn3C)c2)s1. The molecule has 2 N–H and O–H groups in total. The van der Waals surface area contributed by atoms with Crippen LogP contribution in [0.1, 0.15) is 26.5 Å². The highest BCUT2D eigenvalue weighted by molar-refractivity contribution is 7.17. The van der Waals surface area contributed by atoms with Crippen LogP contribution in [0.3, 0.4) is 0 Å². The third kappa shape index (κ3) is 4.05. The fraction of sp³-hybridized carbons (Fsp3) is 0.182. The number of carbonyl (C=O) groups excluding carboxylic acids is 1. The molecule has 0 saturated heterocycles. The number of thiazole rings is 1. The first-order valence-corrected chi connectivity index (χ1v) is 10.4. The van der Waals surface area contributed by atoms with Gasteiger partial charge in [0.25, 0.3) is 5.91 Å². The molecule has 0 aliphatic heterocycles. The Morgan fingerprint density at radius 3 is 2.79 bits per heavy atom. The van der Waals surface area contributed by atoms with E-state index in [9.17, 15) is 4.79 Å². The normalized spacial score (nSPS) is 11.2. The molecule has 2 aromatic heterocycles. The lowest BCUT2D eigenvalue weighted by molar-refractivity contribution is 0.0935. The Bertz CT molecular complexity index is 1210. The summed E-state index contributed by atoms with van der Waals surface area (Å²) in [7, 11) is 2.03. The third-order valence-electron chi connectivity index (χ3n) is 4.87. The number of amides is 1. The molecule has 0 atom stereocenters. The highest BCUT2D eigenvalue weighted by Crippen LogP contribution is 2.31. The van der Waals surface area contributed by atoms with Crippen LogP contribution < -0.4 is 10.9 Å². The van der Waals surface area contributed by atoms with Crippen molar-refractivity contribution >= 4 is 39.7 Å². The third-order valence-corrected chi connectivity index (χ3v) is 6.29. The van der Waals surface area contributed by atoms with Crippen molar-refractivity contribution in [3.63, 3.8) is 0 Å². The molecule has 148 valence electrons. The second kappa shape index (κ2) is 7.99. The number of hydrogen-bond acceptors (Lipinski definition) is 4. The number of rotatable bonds is 5. The van der Waals surface area contributed by atoms with Gasteiger partial charge in [0.15, 0.2) is 0 Å². The van der Waals surface area contributed by atoms with Crippen LogP contribution in [-0.2, 0) is 13.6 Å². The molecule has 4 aromatic rings. The summed E-state index contributed by atoms with van der Waals surface area (Å²) in [6.07, 6.45) is 2.04. The number of hydrazine groups is 1. The summed E-state index contributed by atoms with van der Waals surface area (Å²) in [5.41, 5.74) is 10.8. The van der Waals surface area contributed by atoms with Crippen molar-refractivity contribution in [3.05, 3.63) is 75.4 Å². The number of benzene rings is 2. The average Bonchev–Trinajstić information content (AvgIpc) is 3.24. The second-order valence-corrected chi connectivity index (χ2v) is 8.46. The number of hydrogen-bond donors (Lipinski definition) is 2. The van der Waals surface area contributed by atoms with Crippen molar-refractivity contribution in [3.8, 4) is 10.6 Å². The van der Waals surface area contributed by atoms with Gasteiger partial charge in [-0.05, 0) is 60.7 Å². The molecule has 0 fully saturated rings. The Morgan fingerprint density at radius 2 is 2.00 bits per heavy atom. The number of nitrogens with one attached hydrogen (secondary N) is 2. The van der Waals surface area contributed by atoms with Gasteiger partial charge in [-0.25, -0.2) is 10.4 Å². The quantitative estimate of drug-likeness (QED) is 0.443. The van der Waals surface area contributed by atoms with Crippen molar-refractivity contribution < 1.29 is 4.79 Å². The van der Waals surface area contributed by atoms with E-state index in [0.29, 0.717) is 22.1 Å². The number of aryl methyl sites for hydroxylation is 3. The topological polar surface area (TPSA) is 59.0 Å². The summed E-state index contributed by atoms with van der Waals surface area (Å²) in [5.74, 6) is -0.182. The lowest BCUT2D eigenvalue weighted by Crippen LogP contribution is -2.36. The molecule has 0 radical (unpaired) electrons. The van der Waals surface area contributed by atoms with E-state index >= 15 is 0 Å². The van der Waals surface area contributed by atoms with Gasteiger partial charge in [-0.2, -0.15) is 0 Å². The highest BCUT2D eigenvalue weighted by atomic mass is 35.5. The first-order chi connectivity index (χ1) is 13.9. The molecule has 29 heavy (non-hydrogen) atoms. The predicted molar refractivity (Wildman–Crippen MR) is 119 cm³/mol. The van der Waals surface area contributed by atoms with Crippen LogP contribution in [0.15, 0.2) is 48.7 Å². The van der Waals surface area contributed by atoms with E-state index in [1.165, 1.54) is 22.2 Å². The number of fused-ring (bicyclic) bond motifs is 1. The molecule has 0 bridgehead atoms. The molecule has 1 amide bonds. The largest absolute Gasteiger partial charge is 0.351 e. The maximum absolute atomic E-state index is 12.6. The molecular weight excluding hydrogens is 404 g/mol. The van der Waals surface area contributed by atoms with E-state index in [-0.39, 0.29) is 5.91 Å². The second-order valence-electron chi connectivity index (χ2n) is 7.02. The van der Waals surface area contributed by atoms with Crippen molar-refractivity contribution in [1.82, 2.24) is 20.4 Å². The number of carbonyl (C=O) groups is 1. The summed E-state index contributed by atoms with van der Waals surface area (Å²) >= 11 is 7.42. The highest BCUT2D eigenvalue weighted by Gasteiger charge is 2.17. The average molecular weight is 425 g/mol. The van der Waals surface area contributed by atoms with E-state index in [0.717, 1.165) is 21.7 Å². The molecule has 2 heterocycles. The summed E-state index contributed by atoms with van der Waals surface area (Å²) in [6.45, 7) is 4.38. The maximum atomic E-state index is 12.6. The minimum absolute atomic E-state index is 0.182.